The second-order valence-corrected chi connectivity index (χ2v) is 16.9. The highest BCUT2D eigenvalue weighted by Gasteiger charge is 2.28. The SMILES string of the molecule is Bc1c(B)c(B)c2c(-c3ccc(-n4c(CC)nc5ccccc54)c4ccccc34)c3c(O)c(B)c(B)c(B)c3c(-c3cc(-c4ccccc4)cc(-c4ccccc4)c3)c2c1B. The average molecular weight is 776 g/mol. The molecule has 0 atom stereocenters. The van der Waals surface area contributed by atoms with E-state index < -0.39 is 0 Å². The minimum absolute atomic E-state index is 0.344. The summed E-state index contributed by atoms with van der Waals surface area (Å²) in [6.45, 7) is 2.18. The van der Waals surface area contributed by atoms with E-state index in [1.165, 1.54) is 54.8 Å². The molecule has 0 saturated carbocycles. The molecule has 0 radical (unpaired) electrons. The highest BCUT2D eigenvalue weighted by Crippen LogP contribution is 2.47. The Bertz CT molecular complexity index is 3300. The molecule has 0 fully saturated rings. The van der Waals surface area contributed by atoms with E-state index in [1.807, 2.05) is 0 Å². The Morgan fingerprint density at radius 1 is 0.459 bits per heavy atom. The molecule has 0 spiro atoms. The third kappa shape index (κ3) is 5.94. The van der Waals surface area contributed by atoms with Crippen LogP contribution < -0.4 is 38.2 Å². The minimum atomic E-state index is 0.344. The van der Waals surface area contributed by atoms with E-state index in [4.69, 9.17) is 4.98 Å². The molecule has 0 aliphatic rings. The van der Waals surface area contributed by atoms with E-state index in [9.17, 15) is 5.11 Å². The lowest BCUT2D eigenvalue weighted by Gasteiger charge is -2.28. The normalized spacial score (nSPS) is 11.6. The second-order valence-electron chi connectivity index (χ2n) is 16.9. The first-order chi connectivity index (χ1) is 29.6. The standard InChI is InChI=1S/C51H43B7N2O/c1-2-37-59-34-19-11-12-20-36(34)60(37)35-22-21-33(31-17-9-10-18-32(31)35)39-42-40(44(52)47(55)48(56)46(42)54)38(41-43(39)51(61)50(58)49(57)45(41)53)30-24-28(26-13-5-3-6-14-26)23-29(25-30)27-15-7-4-8-16-27/h3-25,61H,2,52-58H2,1H3. The van der Waals surface area contributed by atoms with Crippen molar-refractivity contribution in [2.45, 2.75) is 13.3 Å². The molecule has 0 aliphatic carbocycles. The number of aromatic nitrogens is 2. The lowest BCUT2D eigenvalue weighted by atomic mass is 9.61. The van der Waals surface area contributed by atoms with Crippen molar-refractivity contribution in [3.8, 4) is 55.9 Å². The topological polar surface area (TPSA) is 38.0 Å². The van der Waals surface area contributed by atoms with Gasteiger partial charge in [-0.1, -0.05) is 137 Å². The summed E-state index contributed by atoms with van der Waals surface area (Å²) >= 11 is 0. The summed E-state index contributed by atoms with van der Waals surface area (Å²) in [5.74, 6) is 1.37. The smallest absolute Gasteiger partial charge is 0.143 e. The van der Waals surface area contributed by atoms with Gasteiger partial charge >= 0.3 is 0 Å². The van der Waals surface area contributed by atoms with Crippen LogP contribution in [0.2, 0.25) is 0 Å². The van der Waals surface area contributed by atoms with Gasteiger partial charge in [-0.25, -0.2) is 4.98 Å². The van der Waals surface area contributed by atoms with Crippen LogP contribution in [0.4, 0.5) is 0 Å². The molecule has 1 heterocycles. The van der Waals surface area contributed by atoms with Crippen molar-refractivity contribution in [1.29, 1.82) is 0 Å². The van der Waals surface area contributed by atoms with Gasteiger partial charge in [-0.05, 0) is 96.9 Å². The maximum Gasteiger partial charge on any atom is 0.143 e. The fourth-order valence-electron chi connectivity index (χ4n) is 10.1. The van der Waals surface area contributed by atoms with Gasteiger partial charge in [0.25, 0.3) is 0 Å². The van der Waals surface area contributed by atoms with Crippen molar-refractivity contribution in [2.75, 3.05) is 0 Å². The van der Waals surface area contributed by atoms with E-state index in [0.29, 0.717) is 5.75 Å². The molecule has 61 heavy (non-hydrogen) atoms. The molecule has 0 aliphatic heterocycles. The number of rotatable bonds is 6. The molecule has 10 aromatic rings. The monoisotopic (exact) mass is 776 g/mol. The number of aryl methyl sites for hydroxylation is 1. The quantitative estimate of drug-likeness (QED) is 0.204. The lowest BCUT2D eigenvalue weighted by Crippen LogP contribution is -2.48. The zero-order chi connectivity index (χ0) is 42.3. The summed E-state index contributed by atoms with van der Waals surface area (Å²) < 4.78 is 2.34. The number of fused-ring (bicyclic) bond motifs is 4. The number of hydrogen-bond acceptors (Lipinski definition) is 2. The third-order valence-corrected chi connectivity index (χ3v) is 13.8. The predicted molar refractivity (Wildman–Crippen MR) is 284 cm³/mol. The molecule has 0 bridgehead atoms. The van der Waals surface area contributed by atoms with Crippen LogP contribution in [-0.4, -0.2) is 69.6 Å². The molecule has 3 nitrogen and oxygen atoms in total. The summed E-state index contributed by atoms with van der Waals surface area (Å²) in [7, 11) is 15.6. The molecular weight excluding hydrogens is 732 g/mol. The minimum Gasteiger partial charge on any atom is -0.508 e. The Balaban J connectivity index is 1.41. The van der Waals surface area contributed by atoms with Crippen LogP contribution in [0.1, 0.15) is 12.7 Å². The van der Waals surface area contributed by atoms with E-state index in [-0.39, 0.29) is 0 Å². The average Bonchev–Trinajstić information content (AvgIpc) is 3.69. The largest absolute Gasteiger partial charge is 0.508 e. The Kier molecular flexibility index (Phi) is 9.44. The highest BCUT2D eigenvalue weighted by atomic mass is 16.3. The van der Waals surface area contributed by atoms with Crippen LogP contribution in [0.15, 0.2) is 140 Å². The third-order valence-electron chi connectivity index (χ3n) is 13.8. The Morgan fingerprint density at radius 2 is 0.951 bits per heavy atom. The van der Waals surface area contributed by atoms with Crippen molar-refractivity contribution in [3.63, 3.8) is 0 Å². The number of nitrogens with zero attached hydrogens (tertiary/aromatic N) is 2. The molecule has 0 amide bonds. The van der Waals surface area contributed by atoms with Crippen LogP contribution in [0, 0.1) is 0 Å². The van der Waals surface area contributed by atoms with Crippen molar-refractivity contribution >= 4 is 137 Å². The van der Waals surface area contributed by atoms with Crippen LogP contribution in [0.5, 0.6) is 5.75 Å². The Morgan fingerprint density at radius 3 is 1.56 bits per heavy atom. The van der Waals surface area contributed by atoms with Gasteiger partial charge in [0.05, 0.1) is 16.7 Å². The van der Waals surface area contributed by atoms with Crippen LogP contribution in [-0.2, 0) is 6.42 Å². The van der Waals surface area contributed by atoms with Crippen LogP contribution >= 0.6 is 0 Å². The van der Waals surface area contributed by atoms with Gasteiger partial charge < -0.3 is 5.11 Å². The van der Waals surface area contributed by atoms with Gasteiger partial charge in [0.2, 0.25) is 0 Å². The Labute approximate surface area is 364 Å². The zero-order valence-electron chi connectivity index (χ0n) is 36.3. The molecule has 284 valence electrons. The maximum absolute atomic E-state index is 12.8. The molecule has 0 saturated heterocycles. The summed E-state index contributed by atoms with van der Waals surface area (Å²) in [6.07, 6.45) is 0.807. The maximum atomic E-state index is 12.8. The molecule has 1 aromatic heterocycles. The van der Waals surface area contributed by atoms with Gasteiger partial charge in [-0.3, -0.25) is 4.57 Å². The summed E-state index contributed by atoms with van der Waals surface area (Å²) in [6, 6.07) is 50.3. The van der Waals surface area contributed by atoms with Crippen LogP contribution in [0.25, 0.3) is 93.5 Å². The predicted octanol–water partition coefficient (Wildman–Crippen LogP) is 1.23. The first kappa shape index (κ1) is 38.7. The highest BCUT2D eigenvalue weighted by molar-refractivity contribution is 6.69. The van der Waals surface area contributed by atoms with E-state index in [0.717, 1.165) is 89.3 Å². The zero-order valence-corrected chi connectivity index (χ0v) is 36.3. The van der Waals surface area contributed by atoms with Crippen molar-refractivity contribution < 1.29 is 5.11 Å². The molecule has 9 aromatic carbocycles. The first-order valence-electron chi connectivity index (χ1n) is 21.5. The summed E-state index contributed by atoms with van der Waals surface area (Å²) in [5.41, 5.74) is 20.6. The summed E-state index contributed by atoms with van der Waals surface area (Å²) in [5, 5.41) is 19.5. The number of hydrogen-bond donors (Lipinski definition) is 1. The van der Waals surface area contributed by atoms with Gasteiger partial charge in [0.1, 0.15) is 66.5 Å². The number of phenols is 1. The van der Waals surface area contributed by atoms with E-state index in [1.54, 1.807) is 0 Å². The Hall–Kier alpha value is -6.52. The second kappa shape index (κ2) is 14.9. The molecule has 10 rings (SSSR count). The summed E-state index contributed by atoms with van der Waals surface area (Å²) in [4.78, 5) is 5.07. The van der Waals surface area contributed by atoms with Gasteiger partial charge in [0.15, 0.2) is 0 Å². The fraction of sp³-hybridized carbons (Fsp3) is 0.0392. The lowest BCUT2D eigenvalue weighted by molar-refractivity contribution is 0.486. The molecule has 0 unspecified atom stereocenters. The fourth-order valence-corrected chi connectivity index (χ4v) is 10.1. The first-order valence-corrected chi connectivity index (χ1v) is 21.5. The molecular formula is C51H43B7N2O. The number of para-hydroxylation sites is 2. The number of benzene rings is 9. The van der Waals surface area contributed by atoms with Gasteiger partial charge in [0, 0.05) is 22.8 Å². The van der Waals surface area contributed by atoms with Crippen molar-refractivity contribution in [3.05, 3.63) is 145 Å². The van der Waals surface area contributed by atoms with Crippen LogP contribution in [0.3, 0.4) is 0 Å². The molecule has 1 N–H and O–H groups in total. The van der Waals surface area contributed by atoms with Gasteiger partial charge in [-0.2, -0.15) is 0 Å². The molecule has 10 heteroatoms. The number of aromatic hydroxyl groups is 1. The number of phenolic OH excluding ortho intramolecular Hbond substituents is 1. The van der Waals surface area contributed by atoms with Crippen molar-refractivity contribution in [1.82, 2.24) is 9.55 Å². The number of imidazole rings is 1. The van der Waals surface area contributed by atoms with Crippen molar-refractivity contribution in [2.24, 2.45) is 0 Å². The van der Waals surface area contributed by atoms with Gasteiger partial charge in [-0.15, -0.1) is 10.9 Å². The van der Waals surface area contributed by atoms with E-state index in [2.05, 4.69) is 206 Å². The van der Waals surface area contributed by atoms with E-state index >= 15 is 0 Å².